The fraction of sp³-hybridized carbons (Fsp3) is 0.538. The van der Waals surface area contributed by atoms with E-state index < -0.39 is 0 Å². The Kier molecular flexibility index (Phi) is 3.34. The molecule has 0 aromatic carbocycles. The lowest BCUT2D eigenvalue weighted by Crippen LogP contribution is -2.41. The van der Waals surface area contributed by atoms with Crippen LogP contribution in [0.3, 0.4) is 0 Å². The van der Waals surface area contributed by atoms with Gasteiger partial charge in [0.15, 0.2) is 5.78 Å². The average Bonchev–Trinajstić information content (AvgIpc) is 2.39. The summed E-state index contributed by atoms with van der Waals surface area (Å²) in [5.41, 5.74) is 0.597. The zero-order chi connectivity index (χ0) is 11.4. The van der Waals surface area contributed by atoms with E-state index in [-0.39, 0.29) is 11.2 Å². The summed E-state index contributed by atoms with van der Waals surface area (Å²) in [6, 6.07) is 3.70. The number of rotatable bonds is 3. The highest BCUT2D eigenvalue weighted by atomic mass is 16.1. The molecule has 0 bridgehead atoms. The van der Waals surface area contributed by atoms with Gasteiger partial charge in [-0.1, -0.05) is 6.92 Å². The first-order valence-electron chi connectivity index (χ1n) is 5.94. The molecule has 0 atom stereocenters. The summed E-state index contributed by atoms with van der Waals surface area (Å²) in [5.74, 6) is 0.268. The van der Waals surface area contributed by atoms with Crippen LogP contribution in [-0.2, 0) is 0 Å². The first kappa shape index (κ1) is 11.3. The molecule has 0 amide bonds. The van der Waals surface area contributed by atoms with Crippen LogP contribution in [-0.4, -0.2) is 23.9 Å². The molecule has 1 aromatic rings. The molecule has 1 aliphatic rings. The summed E-state index contributed by atoms with van der Waals surface area (Å²) in [5, 5.41) is 3.31. The van der Waals surface area contributed by atoms with Crippen molar-refractivity contribution in [3.05, 3.63) is 30.1 Å². The molecular weight excluding hydrogens is 200 g/mol. The van der Waals surface area contributed by atoms with Crippen molar-refractivity contribution in [1.29, 1.82) is 0 Å². The number of aromatic nitrogens is 1. The number of Topliss-reactive ketones (excluding diaryl/α,β-unsaturated/α-hetero) is 1. The minimum Gasteiger partial charge on any atom is -0.317 e. The van der Waals surface area contributed by atoms with Crippen molar-refractivity contribution in [2.24, 2.45) is 5.41 Å². The third-order valence-electron chi connectivity index (χ3n) is 3.64. The summed E-state index contributed by atoms with van der Waals surface area (Å²) < 4.78 is 0. The van der Waals surface area contributed by atoms with Gasteiger partial charge in [0, 0.05) is 23.4 Å². The lowest BCUT2D eigenvalue weighted by atomic mass is 9.71. The number of hydrogen-bond donors (Lipinski definition) is 1. The number of nitrogens with one attached hydrogen (secondary N) is 1. The van der Waals surface area contributed by atoms with Crippen molar-refractivity contribution in [3.8, 4) is 0 Å². The van der Waals surface area contributed by atoms with Gasteiger partial charge < -0.3 is 5.32 Å². The van der Waals surface area contributed by atoms with E-state index in [9.17, 15) is 4.79 Å². The van der Waals surface area contributed by atoms with E-state index in [0.29, 0.717) is 0 Å². The highest BCUT2D eigenvalue weighted by Crippen LogP contribution is 2.35. The molecule has 0 radical (unpaired) electrons. The lowest BCUT2D eigenvalue weighted by molar-refractivity contribution is 0.0717. The van der Waals surface area contributed by atoms with E-state index in [1.165, 1.54) is 0 Å². The number of carbonyl (C=O) groups excluding carboxylic acids is 1. The molecule has 3 nitrogen and oxygen atoms in total. The topological polar surface area (TPSA) is 42.0 Å². The molecule has 2 heterocycles. The Bertz CT molecular complexity index is 355. The molecule has 1 fully saturated rings. The van der Waals surface area contributed by atoms with Crippen molar-refractivity contribution in [1.82, 2.24) is 10.3 Å². The molecule has 1 aliphatic heterocycles. The average molecular weight is 218 g/mol. The summed E-state index contributed by atoms with van der Waals surface area (Å²) in [6.07, 6.45) is 6.19. The van der Waals surface area contributed by atoms with Gasteiger partial charge >= 0.3 is 0 Å². The monoisotopic (exact) mass is 218 g/mol. The quantitative estimate of drug-likeness (QED) is 0.789. The maximum absolute atomic E-state index is 12.5. The van der Waals surface area contributed by atoms with Crippen LogP contribution in [0.1, 0.15) is 36.5 Å². The number of hydrogen-bond acceptors (Lipinski definition) is 3. The predicted octanol–water partition coefficient (Wildman–Crippen LogP) is 2.04. The van der Waals surface area contributed by atoms with Gasteiger partial charge in [0.2, 0.25) is 0 Å². The second-order valence-electron chi connectivity index (χ2n) is 4.45. The van der Waals surface area contributed by atoms with E-state index in [1.54, 1.807) is 12.4 Å². The summed E-state index contributed by atoms with van der Waals surface area (Å²) in [4.78, 5) is 16.5. The van der Waals surface area contributed by atoms with Crippen molar-refractivity contribution in [2.75, 3.05) is 13.1 Å². The molecule has 0 spiro atoms. The van der Waals surface area contributed by atoms with Crippen molar-refractivity contribution >= 4 is 5.78 Å². The smallest absolute Gasteiger partial charge is 0.170 e. The second-order valence-corrected chi connectivity index (χ2v) is 4.45. The van der Waals surface area contributed by atoms with Gasteiger partial charge in [-0.3, -0.25) is 9.78 Å². The zero-order valence-corrected chi connectivity index (χ0v) is 9.70. The van der Waals surface area contributed by atoms with Gasteiger partial charge in [-0.05, 0) is 44.5 Å². The Balaban J connectivity index is 2.24. The van der Waals surface area contributed by atoms with E-state index >= 15 is 0 Å². The number of pyridine rings is 1. The highest BCUT2D eigenvalue weighted by molar-refractivity contribution is 6.00. The maximum Gasteiger partial charge on any atom is 0.170 e. The minimum atomic E-state index is -0.158. The van der Waals surface area contributed by atoms with Gasteiger partial charge in [-0.25, -0.2) is 0 Å². The third kappa shape index (κ3) is 2.00. The van der Waals surface area contributed by atoms with Gasteiger partial charge in [-0.15, -0.1) is 0 Å². The van der Waals surface area contributed by atoms with Crippen LogP contribution in [0.25, 0.3) is 0 Å². The molecule has 1 saturated heterocycles. The lowest BCUT2D eigenvalue weighted by Gasteiger charge is -2.35. The number of piperidine rings is 1. The predicted molar refractivity (Wildman–Crippen MR) is 63.4 cm³/mol. The molecular formula is C13H18N2O. The van der Waals surface area contributed by atoms with Gasteiger partial charge in [0.1, 0.15) is 0 Å². The molecule has 0 aliphatic carbocycles. The maximum atomic E-state index is 12.5. The molecule has 0 saturated carbocycles. The minimum absolute atomic E-state index is 0.158. The normalized spacial score (nSPS) is 19.3. The van der Waals surface area contributed by atoms with E-state index in [4.69, 9.17) is 0 Å². The fourth-order valence-electron chi connectivity index (χ4n) is 2.45. The third-order valence-corrected chi connectivity index (χ3v) is 3.64. The van der Waals surface area contributed by atoms with Crippen LogP contribution in [0.2, 0.25) is 0 Å². The molecule has 0 unspecified atom stereocenters. The van der Waals surface area contributed by atoms with Gasteiger partial charge in [0.05, 0.1) is 0 Å². The summed E-state index contributed by atoms with van der Waals surface area (Å²) in [6.45, 7) is 4.00. The van der Waals surface area contributed by atoms with Gasteiger partial charge in [0.25, 0.3) is 0 Å². The Morgan fingerprint density at radius 3 is 2.81 bits per heavy atom. The van der Waals surface area contributed by atoms with Crippen molar-refractivity contribution in [2.45, 2.75) is 26.2 Å². The zero-order valence-electron chi connectivity index (χ0n) is 9.70. The van der Waals surface area contributed by atoms with Crippen LogP contribution in [0.5, 0.6) is 0 Å². The fourth-order valence-corrected chi connectivity index (χ4v) is 2.45. The van der Waals surface area contributed by atoms with Crippen LogP contribution >= 0.6 is 0 Å². The molecule has 2 rings (SSSR count). The van der Waals surface area contributed by atoms with E-state index in [0.717, 1.165) is 37.9 Å². The van der Waals surface area contributed by atoms with Crippen molar-refractivity contribution < 1.29 is 4.79 Å². The van der Waals surface area contributed by atoms with Crippen LogP contribution in [0.15, 0.2) is 24.5 Å². The van der Waals surface area contributed by atoms with E-state index in [1.807, 2.05) is 12.1 Å². The highest BCUT2D eigenvalue weighted by Gasteiger charge is 2.37. The first-order valence-corrected chi connectivity index (χ1v) is 5.94. The Hall–Kier alpha value is -1.22. The number of nitrogens with zero attached hydrogens (tertiary/aromatic N) is 1. The summed E-state index contributed by atoms with van der Waals surface area (Å²) >= 11 is 0. The summed E-state index contributed by atoms with van der Waals surface area (Å²) in [7, 11) is 0. The molecule has 16 heavy (non-hydrogen) atoms. The largest absolute Gasteiger partial charge is 0.317 e. The Morgan fingerprint density at radius 2 is 2.25 bits per heavy atom. The molecule has 86 valence electrons. The Morgan fingerprint density at radius 1 is 1.50 bits per heavy atom. The second kappa shape index (κ2) is 4.74. The van der Waals surface area contributed by atoms with Gasteiger partial charge in [-0.2, -0.15) is 0 Å². The van der Waals surface area contributed by atoms with Crippen LogP contribution in [0.4, 0.5) is 0 Å². The Labute approximate surface area is 96.3 Å². The van der Waals surface area contributed by atoms with Crippen LogP contribution in [0, 0.1) is 5.41 Å². The van der Waals surface area contributed by atoms with E-state index in [2.05, 4.69) is 17.2 Å². The standard InChI is InChI=1S/C13H18N2O/c1-2-13(5-8-14-9-6-13)12(16)11-4-3-7-15-10-11/h3-4,7,10,14H,2,5-6,8-9H2,1H3. The van der Waals surface area contributed by atoms with Crippen molar-refractivity contribution in [3.63, 3.8) is 0 Å². The van der Waals surface area contributed by atoms with Crippen LogP contribution < -0.4 is 5.32 Å². The SMILES string of the molecule is CCC1(C(=O)c2cccnc2)CCNCC1. The number of carbonyl (C=O) groups is 1. The molecule has 1 N–H and O–H groups in total. The molecule has 1 aromatic heterocycles. The molecule has 3 heteroatoms. The number of ketones is 1. The first-order chi connectivity index (χ1) is 7.78.